The summed E-state index contributed by atoms with van der Waals surface area (Å²) >= 11 is 1.32. The first-order valence-electron chi connectivity index (χ1n) is 8.94. The molecule has 6 nitrogen and oxygen atoms in total. The zero-order chi connectivity index (χ0) is 19.8. The first kappa shape index (κ1) is 19.8. The van der Waals surface area contributed by atoms with Gasteiger partial charge in [-0.15, -0.1) is 11.8 Å². The van der Waals surface area contributed by atoms with E-state index in [4.69, 9.17) is 14.7 Å². The number of nitrogens with one attached hydrogen (secondary N) is 1. The van der Waals surface area contributed by atoms with Crippen molar-refractivity contribution in [3.63, 3.8) is 0 Å². The summed E-state index contributed by atoms with van der Waals surface area (Å²) in [5.74, 6) is -0.147. The maximum atomic E-state index is 12.0. The molecule has 0 radical (unpaired) electrons. The minimum Gasteiger partial charge on any atom is -0.482 e. The topological polar surface area (TPSA) is 88.4 Å². The number of anilines is 1. The zero-order valence-electron chi connectivity index (χ0n) is 15.3. The van der Waals surface area contributed by atoms with Crippen LogP contribution in [0.25, 0.3) is 0 Å². The summed E-state index contributed by atoms with van der Waals surface area (Å²) in [6.07, 6.45) is 3.27. The van der Waals surface area contributed by atoms with Crippen LogP contribution in [0.2, 0.25) is 0 Å². The lowest BCUT2D eigenvalue weighted by Gasteiger charge is -2.11. The van der Waals surface area contributed by atoms with Crippen LogP contribution in [-0.4, -0.2) is 30.8 Å². The third kappa shape index (κ3) is 5.51. The number of para-hydroxylation sites is 1. The Kier molecular flexibility index (Phi) is 6.93. The molecule has 2 aromatic carbocycles. The van der Waals surface area contributed by atoms with E-state index in [0.717, 1.165) is 24.2 Å². The van der Waals surface area contributed by atoms with Gasteiger partial charge in [-0.3, -0.25) is 4.79 Å². The molecule has 0 aromatic heterocycles. The van der Waals surface area contributed by atoms with Crippen molar-refractivity contribution in [3.8, 4) is 11.8 Å². The normalized spacial score (nSPS) is 12.0. The molecule has 0 bridgehead atoms. The highest BCUT2D eigenvalue weighted by molar-refractivity contribution is 7.99. The van der Waals surface area contributed by atoms with E-state index in [0.29, 0.717) is 11.4 Å². The van der Waals surface area contributed by atoms with E-state index in [1.807, 2.05) is 36.4 Å². The summed E-state index contributed by atoms with van der Waals surface area (Å²) in [4.78, 5) is 24.7. The van der Waals surface area contributed by atoms with Crippen molar-refractivity contribution >= 4 is 29.3 Å². The van der Waals surface area contributed by atoms with Crippen molar-refractivity contribution in [2.24, 2.45) is 0 Å². The van der Waals surface area contributed by atoms with Gasteiger partial charge in [-0.1, -0.05) is 18.2 Å². The van der Waals surface area contributed by atoms with Crippen molar-refractivity contribution in [1.29, 1.82) is 5.26 Å². The molecule has 0 saturated carbocycles. The van der Waals surface area contributed by atoms with Gasteiger partial charge < -0.3 is 14.8 Å². The predicted octanol–water partition coefficient (Wildman–Crippen LogP) is 3.35. The van der Waals surface area contributed by atoms with Gasteiger partial charge in [0.25, 0.3) is 5.91 Å². The number of amides is 1. The summed E-state index contributed by atoms with van der Waals surface area (Å²) in [5, 5.41) is 11.4. The second-order valence-corrected chi connectivity index (χ2v) is 7.24. The number of aryl methyl sites for hydroxylation is 2. The molecule has 144 valence electrons. The minimum atomic E-state index is -0.609. The number of carbonyl (C=O) groups excluding carboxylic acids is 2. The predicted molar refractivity (Wildman–Crippen MR) is 106 cm³/mol. The molecule has 2 aromatic rings. The van der Waals surface area contributed by atoms with E-state index in [9.17, 15) is 9.59 Å². The number of ether oxygens (including phenoxy) is 2. The van der Waals surface area contributed by atoms with Crippen molar-refractivity contribution in [3.05, 3.63) is 53.6 Å². The number of esters is 1. The SMILES string of the molecule is N#CCSc1ccccc1NC(=O)COC(=O)COc1ccc2c(c1)CCC2. The Morgan fingerprint density at radius 2 is 1.93 bits per heavy atom. The Balaban J connectivity index is 1.43. The lowest BCUT2D eigenvalue weighted by molar-refractivity contribution is -0.149. The Morgan fingerprint density at radius 1 is 1.11 bits per heavy atom. The van der Waals surface area contributed by atoms with E-state index in [1.165, 1.54) is 22.9 Å². The van der Waals surface area contributed by atoms with Gasteiger partial charge in [0, 0.05) is 4.90 Å². The lowest BCUT2D eigenvalue weighted by Crippen LogP contribution is -2.23. The largest absolute Gasteiger partial charge is 0.482 e. The monoisotopic (exact) mass is 396 g/mol. The molecule has 0 atom stereocenters. The Labute approximate surface area is 167 Å². The second kappa shape index (κ2) is 9.81. The molecular weight excluding hydrogens is 376 g/mol. The van der Waals surface area contributed by atoms with Gasteiger partial charge in [0.15, 0.2) is 13.2 Å². The molecule has 0 spiro atoms. The first-order valence-corrected chi connectivity index (χ1v) is 9.93. The fourth-order valence-electron chi connectivity index (χ4n) is 2.96. The number of thioether (sulfide) groups is 1. The van der Waals surface area contributed by atoms with Crippen molar-refractivity contribution in [1.82, 2.24) is 0 Å². The highest BCUT2D eigenvalue weighted by Gasteiger charge is 2.13. The van der Waals surface area contributed by atoms with Gasteiger partial charge in [0.1, 0.15) is 5.75 Å². The van der Waals surface area contributed by atoms with Crippen LogP contribution in [0.3, 0.4) is 0 Å². The molecular formula is C21H20N2O4S. The number of rotatable bonds is 8. The molecule has 0 fully saturated rings. The third-order valence-corrected chi connectivity index (χ3v) is 5.18. The van der Waals surface area contributed by atoms with Gasteiger partial charge in [-0.25, -0.2) is 4.79 Å². The van der Waals surface area contributed by atoms with Crippen LogP contribution in [0, 0.1) is 11.3 Å². The summed E-state index contributed by atoms with van der Waals surface area (Å²) in [7, 11) is 0. The second-order valence-electron chi connectivity index (χ2n) is 6.22. The van der Waals surface area contributed by atoms with Crippen molar-refractivity contribution < 1.29 is 19.1 Å². The molecule has 0 saturated heterocycles. The van der Waals surface area contributed by atoms with Gasteiger partial charge in [0.05, 0.1) is 17.5 Å². The van der Waals surface area contributed by atoms with Crippen molar-refractivity contribution in [2.45, 2.75) is 24.2 Å². The lowest BCUT2D eigenvalue weighted by atomic mass is 10.1. The smallest absolute Gasteiger partial charge is 0.344 e. The molecule has 1 N–H and O–H groups in total. The number of fused-ring (bicyclic) bond motifs is 1. The van der Waals surface area contributed by atoms with Crippen LogP contribution in [-0.2, 0) is 27.2 Å². The maximum Gasteiger partial charge on any atom is 0.344 e. The number of nitrogens with zero attached hydrogens (tertiary/aromatic N) is 1. The van der Waals surface area contributed by atoms with E-state index in [2.05, 4.69) is 5.32 Å². The average molecular weight is 396 g/mol. The van der Waals surface area contributed by atoms with Gasteiger partial charge in [-0.05, 0) is 54.7 Å². The molecule has 1 aliphatic carbocycles. The molecule has 1 aliphatic rings. The number of nitriles is 1. The van der Waals surface area contributed by atoms with Gasteiger partial charge in [0.2, 0.25) is 0 Å². The van der Waals surface area contributed by atoms with Gasteiger partial charge >= 0.3 is 5.97 Å². The molecule has 1 amide bonds. The highest BCUT2D eigenvalue weighted by Crippen LogP contribution is 2.27. The molecule has 28 heavy (non-hydrogen) atoms. The quantitative estimate of drug-likeness (QED) is 0.544. The fraction of sp³-hybridized carbons (Fsp3) is 0.286. The zero-order valence-corrected chi connectivity index (χ0v) is 16.1. The van der Waals surface area contributed by atoms with E-state index in [-0.39, 0.29) is 12.4 Å². The number of carbonyl (C=O) groups is 2. The van der Waals surface area contributed by atoms with Crippen LogP contribution in [0.5, 0.6) is 5.75 Å². The average Bonchev–Trinajstić information content (AvgIpc) is 3.18. The Hall–Kier alpha value is -2.98. The Morgan fingerprint density at radius 3 is 2.79 bits per heavy atom. The summed E-state index contributed by atoms with van der Waals surface area (Å²) in [5.41, 5.74) is 3.18. The van der Waals surface area contributed by atoms with E-state index in [1.54, 1.807) is 12.1 Å². The standard InChI is InChI=1S/C21H20N2O4S/c22-10-11-28-19-7-2-1-6-18(19)23-20(24)13-27-21(25)14-26-17-9-8-15-4-3-5-16(15)12-17/h1-2,6-9,12H,3-5,11,13-14H2,(H,23,24). The first-order chi connectivity index (χ1) is 13.7. The van der Waals surface area contributed by atoms with Crippen LogP contribution < -0.4 is 10.1 Å². The van der Waals surface area contributed by atoms with Crippen LogP contribution >= 0.6 is 11.8 Å². The van der Waals surface area contributed by atoms with Gasteiger partial charge in [-0.2, -0.15) is 5.26 Å². The maximum absolute atomic E-state index is 12.0. The molecule has 0 heterocycles. The number of hydrogen-bond donors (Lipinski definition) is 1. The molecule has 0 aliphatic heterocycles. The highest BCUT2D eigenvalue weighted by atomic mass is 32.2. The molecule has 3 rings (SSSR count). The van der Waals surface area contributed by atoms with Crippen LogP contribution in [0.1, 0.15) is 17.5 Å². The summed E-state index contributed by atoms with van der Waals surface area (Å²) in [6.45, 7) is -0.649. The molecule has 0 unspecified atom stereocenters. The fourth-order valence-corrected chi connectivity index (χ4v) is 3.63. The van der Waals surface area contributed by atoms with Crippen LogP contribution in [0.15, 0.2) is 47.4 Å². The molecule has 7 heteroatoms. The van der Waals surface area contributed by atoms with Crippen LogP contribution in [0.4, 0.5) is 5.69 Å². The number of benzene rings is 2. The van der Waals surface area contributed by atoms with E-state index >= 15 is 0 Å². The Bertz CT molecular complexity index is 908. The van der Waals surface area contributed by atoms with E-state index < -0.39 is 18.5 Å². The summed E-state index contributed by atoms with van der Waals surface area (Å²) in [6, 6.07) is 15.0. The minimum absolute atomic E-state index is 0.249. The number of hydrogen-bond acceptors (Lipinski definition) is 6. The summed E-state index contributed by atoms with van der Waals surface area (Å²) < 4.78 is 10.4. The van der Waals surface area contributed by atoms with Crippen molar-refractivity contribution in [2.75, 3.05) is 24.3 Å². The third-order valence-electron chi connectivity index (χ3n) is 4.24.